The van der Waals surface area contributed by atoms with Gasteiger partial charge in [0.1, 0.15) is 17.7 Å². The number of rotatable bonds is 4. The number of benzene rings is 1. The van der Waals surface area contributed by atoms with Gasteiger partial charge in [0.25, 0.3) is 5.89 Å². The zero-order valence-corrected chi connectivity index (χ0v) is 10.8. The Morgan fingerprint density at radius 2 is 2.10 bits per heavy atom. The number of hydrogen-bond acceptors (Lipinski definition) is 5. The molecule has 3 rings (SSSR count). The third-order valence-corrected chi connectivity index (χ3v) is 3.32. The highest BCUT2D eigenvalue weighted by Gasteiger charge is 2.35. The van der Waals surface area contributed by atoms with Crippen molar-refractivity contribution in [2.24, 2.45) is 5.92 Å². The summed E-state index contributed by atoms with van der Waals surface area (Å²) in [4.78, 5) is 4.12. The van der Waals surface area contributed by atoms with E-state index in [-0.39, 0.29) is 23.2 Å². The molecule has 1 aromatic carbocycles. The molecule has 1 heterocycles. The summed E-state index contributed by atoms with van der Waals surface area (Å²) in [6, 6.07) is 1.84. The van der Waals surface area contributed by atoms with Crippen LogP contribution in [0.2, 0.25) is 0 Å². The Hall–Kier alpha value is -2.02. The number of halogens is 2. The summed E-state index contributed by atoms with van der Waals surface area (Å²) in [6.07, 6.45) is 1.83. The molecule has 0 bridgehead atoms. The number of nitrogens with zero attached hydrogens (tertiary/aromatic N) is 2. The molecule has 106 valence electrons. The van der Waals surface area contributed by atoms with Crippen molar-refractivity contribution >= 4 is 5.69 Å². The molecule has 0 spiro atoms. The van der Waals surface area contributed by atoms with Crippen LogP contribution in [0, 0.1) is 17.6 Å². The number of ether oxygens (including phenoxy) is 1. The molecule has 0 radical (unpaired) electrons. The lowest BCUT2D eigenvalue weighted by molar-refractivity contribution is 0.0751. The number of anilines is 1. The first-order chi connectivity index (χ1) is 9.60. The Morgan fingerprint density at radius 3 is 2.75 bits per heavy atom. The predicted molar refractivity (Wildman–Crippen MR) is 66.5 cm³/mol. The van der Waals surface area contributed by atoms with Gasteiger partial charge in [-0.15, -0.1) is 0 Å². The van der Waals surface area contributed by atoms with E-state index >= 15 is 0 Å². The van der Waals surface area contributed by atoms with E-state index in [1.807, 2.05) is 0 Å². The van der Waals surface area contributed by atoms with E-state index in [1.54, 1.807) is 7.11 Å². The smallest absolute Gasteiger partial charge is 0.261 e. The van der Waals surface area contributed by atoms with Gasteiger partial charge >= 0.3 is 0 Å². The molecule has 2 N–H and O–H groups in total. The van der Waals surface area contributed by atoms with Crippen molar-refractivity contribution in [3.05, 3.63) is 29.6 Å². The number of nitrogen functional groups attached to an aromatic ring is 1. The molecule has 1 unspecified atom stereocenters. The summed E-state index contributed by atoms with van der Waals surface area (Å²) in [7, 11) is 1.56. The van der Waals surface area contributed by atoms with Gasteiger partial charge in [-0.05, 0) is 24.8 Å². The summed E-state index contributed by atoms with van der Waals surface area (Å²) in [5.41, 5.74) is 5.23. The molecule has 7 heteroatoms. The molecule has 1 aromatic heterocycles. The molecule has 0 amide bonds. The van der Waals surface area contributed by atoms with Gasteiger partial charge in [-0.25, -0.2) is 8.78 Å². The molecule has 1 fully saturated rings. The Bertz CT molecular complexity index is 641. The molecule has 0 aliphatic heterocycles. The highest BCUT2D eigenvalue weighted by molar-refractivity contribution is 5.61. The second-order valence-corrected chi connectivity index (χ2v) is 4.81. The second-order valence-electron chi connectivity index (χ2n) is 4.81. The van der Waals surface area contributed by atoms with Crippen LogP contribution in [-0.2, 0) is 4.74 Å². The number of aromatic nitrogens is 2. The van der Waals surface area contributed by atoms with Crippen LogP contribution in [0.25, 0.3) is 11.5 Å². The molecule has 2 aromatic rings. The minimum atomic E-state index is -0.821. The lowest BCUT2D eigenvalue weighted by atomic mass is 10.1. The van der Waals surface area contributed by atoms with Crippen LogP contribution in [0.3, 0.4) is 0 Å². The van der Waals surface area contributed by atoms with Crippen molar-refractivity contribution < 1.29 is 18.0 Å². The van der Waals surface area contributed by atoms with Crippen molar-refractivity contribution in [3.63, 3.8) is 0 Å². The van der Waals surface area contributed by atoms with Gasteiger partial charge in [-0.3, -0.25) is 0 Å². The first kappa shape index (κ1) is 13.0. The van der Waals surface area contributed by atoms with Crippen molar-refractivity contribution in [3.8, 4) is 11.5 Å². The highest BCUT2D eigenvalue weighted by Crippen LogP contribution is 2.42. The third kappa shape index (κ3) is 2.24. The minimum Gasteiger partial charge on any atom is -0.396 e. The van der Waals surface area contributed by atoms with Crippen LogP contribution in [-0.4, -0.2) is 17.3 Å². The molecule has 5 nitrogen and oxygen atoms in total. The average molecular weight is 281 g/mol. The zero-order chi connectivity index (χ0) is 14.3. The SMILES string of the molecule is COC(c1noc(-c2cc(N)c(F)cc2F)n1)C1CC1. The summed E-state index contributed by atoms with van der Waals surface area (Å²) < 4.78 is 37.2. The third-order valence-electron chi connectivity index (χ3n) is 3.32. The normalized spacial score (nSPS) is 16.4. The molecule has 1 aliphatic carbocycles. The first-order valence-corrected chi connectivity index (χ1v) is 6.21. The summed E-state index contributed by atoms with van der Waals surface area (Å²) in [5.74, 6) is -0.918. The van der Waals surface area contributed by atoms with Crippen molar-refractivity contribution in [1.29, 1.82) is 0 Å². The zero-order valence-electron chi connectivity index (χ0n) is 10.8. The van der Waals surface area contributed by atoms with Gasteiger partial charge < -0.3 is 15.0 Å². The van der Waals surface area contributed by atoms with Crippen LogP contribution in [0.15, 0.2) is 16.7 Å². The molecular formula is C13H13F2N3O2. The minimum absolute atomic E-state index is 0.0201. The highest BCUT2D eigenvalue weighted by atomic mass is 19.1. The Labute approximate surface area is 113 Å². The first-order valence-electron chi connectivity index (χ1n) is 6.21. The van der Waals surface area contributed by atoms with Crippen LogP contribution in [0.5, 0.6) is 0 Å². The Kier molecular flexibility index (Phi) is 3.13. The lowest BCUT2D eigenvalue weighted by Crippen LogP contribution is -2.05. The van der Waals surface area contributed by atoms with Gasteiger partial charge in [0.15, 0.2) is 0 Å². The van der Waals surface area contributed by atoms with Crippen molar-refractivity contribution in [1.82, 2.24) is 10.1 Å². The van der Waals surface area contributed by atoms with E-state index < -0.39 is 11.6 Å². The molecule has 20 heavy (non-hydrogen) atoms. The Morgan fingerprint density at radius 1 is 1.35 bits per heavy atom. The van der Waals surface area contributed by atoms with E-state index in [1.165, 1.54) is 0 Å². The van der Waals surface area contributed by atoms with E-state index in [4.69, 9.17) is 15.0 Å². The molecule has 0 saturated heterocycles. The van der Waals surface area contributed by atoms with E-state index in [0.717, 1.165) is 18.9 Å². The Balaban J connectivity index is 1.95. The van der Waals surface area contributed by atoms with Gasteiger partial charge in [-0.2, -0.15) is 4.98 Å². The van der Waals surface area contributed by atoms with E-state index in [0.29, 0.717) is 17.8 Å². The van der Waals surface area contributed by atoms with Crippen LogP contribution >= 0.6 is 0 Å². The molecule has 1 atom stereocenters. The maximum atomic E-state index is 13.7. The molecule has 1 aliphatic rings. The number of nitrogens with two attached hydrogens (primary N) is 1. The van der Waals surface area contributed by atoms with Crippen LogP contribution in [0.4, 0.5) is 14.5 Å². The molecule has 1 saturated carbocycles. The standard InChI is InChI=1S/C13H13F2N3O2/c1-19-11(6-2-3-6)12-17-13(20-18-12)7-4-10(16)9(15)5-8(7)14/h4-6,11H,2-3,16H2,1H3. The summed E-state index contributed by atoms with van der Waals surface area (Å²) in [6.45, 7) is 0. The fourth-order valence-corrected chi connectivity index (χ4v) is 2.10. The fourth-order valence-electron chi connectivity index (χ4n) is 2.10. The van der Waals surface area contributed by atoms with Gasteiger partial charge in [-0.1, -0.05) is 5.16 Å². The fraction of sp³-hybridized carbons (Fsp3) is 0.385. The quantitative estimate of drug-likeness (QED) is 0.872. The predicted octanol–water partition coefficient (Wildman–Crippen LogP) is 2.69. The maximum Gasteiger partial charge on any atom is 0.261 e. The van der Waals surface area contributed by atoms with E-state index in [2.05, 4.69) is 10.1 Å². The average Bonchev–Trinajstić information content (AvgIpc) is 3.13. The van der Waals surface area contributed by atoms with E-state index in [9.17, 15) is 8.78 Å². The van der Waals surface area contributed by atoms with Gasteiger partial charge in [0.05, 0.1) is 11.3 Å². The summed E-state index contributed by atoms with van der Waals surface area (Å²) in [5, 5.41) is 3.81. The van der Waals surface area contributed by atoms with Gasteiger partial charge in [0.2, 0.25) is 5.82 Å². The monoisotopic (exact) mass is 281 g/mol. The van der Waals surface area contributed by atoms with Gasteiger partial charge in [0, 0.05) is 13.2 Å². The maximum absolute atomic E-state index is 13.7. The number of methoxy groups -OCH3 is 1. The largest absolute Gasteiger partial charge is 0.396 e. The second kappa shape index (κ2) is 4.82. The number of hydrogen-bond donors (Lipinski definition) is 1. The topological polar surface area (TPSA) is 74.2 Å². The summed E-state index contributed by atoms with van der Waals surface area (Å²) >= 11 is 0. The molecular weight excluding hydrogens is 268 g/mol. The van der Waals surface area contributed by atoms with Crippen LogP contribution in [0.1, 0.15) is 24.8 Å². The van der Waals surface area contributed by atoms with Crippen molar-refractivity contribution in [2.45, 2.75) is 18.9 Å². The lowest BCUT2D eigenvalue weighted by Gasteiger charge is -2.08. The van der Waals surface area contributed by atoms with Crippen molar-refractivity contribution in [2.75, 3.05) is 12.8 Å². The van der Waals surface area contributed by atoms with Crippen LogP contribution < -0.4 is 5.73 Å².